The van der Waals surface area contributed by atoms with Crippen LogP contribution in [0.2, 0.25) is 0 Å². The van der Waals surface area contributed by atoms with Crippen molar-refractivity contribution in [3.63, 3.8) is 0 Å². The molecule has 1 amide bonds. The molecule has 6 nitrogen and oxygen atoms in total. The number of aryl methyl sites for hydroxylation is 1. The minimum absolute atomic E-state index is 0.204. The van der Waals surface area contributed by atoms with Crippen LogP contribution in [0.25, 0.3) is 10.2 Å². The summed E-state index contributed by atoms with van der Waals surface area (Å²) in [5.41, 5.74) is 7.53. The highest BCUT2D eigenvalue weighted by molar-refractivity contribution is 7.80. The minimum Gasteiger partial charge on any atom is -0.361 e. The number of nitrogens with one attached hydrogen (secondary N) is 3. The molecule has 0 saturated carbocycles. The van der Waals surface area contributed by atoms with Gasteiger partial charge in [-0.05, 0) is 37.2 Å². The molecule has 148 valence electrons. The van der Waals surface area contributed by atoms with Crippen molar-refractivity contribution in [2.45, 2.75) is 39.7 Å². The molecule has 0 fully saturated rings. The third kappa shape index (κ3) is 5.08. The topological polar surface area (TPSA) is 71.0 Å². The lowest BCUT2D eigenvalue weighted by atomic mass is 10.2. The molecule has 2 aromatic heterocycles. The second-order valence-corrected chi connectivity index (χ2v) is 8.04. The van der Waals surface area contributed by atoms with Gasteiger partial charge in [-0.1, -0.05) is 50.1 Å². The number of aromatic nitrogens is 2. The zero-order valence-corrected chi connectivity index (χ0v) is 17.8. The molecule has 0 unspecified atom stereocenters. The van der Waals surface area contributed by atoms with E-state index in [4.69, 9.17) is 12.2 Å². The first-order chi connectivity index (χ1) is 13.6. The number of hydrogen-bond donors (Lipinski definition) is 3. The first-order valence-corrected chi connectivity index (χ1v) is 10.7. The van der Waals surface area contributed by atoms with E-state index in [0.717, 1.165) is 41.7 Å². The number of thiocarbonyl (C=S) groups is 1. The number of rotatable bonds is 7. The van der Waals surface area contributed by atoms with E-state index < -0.39 is 0 Å². The molecule has 3 rings (SSSR count). The molecular formula is C20H25N5OS2. The highest BCUT2D eigenvalue weighted by Gasteiger charge is 2.16. The van der Waals surface area contributed by atoms with Gasteiger partial charge in [-0.25, -0.2) is 0 Å². The lowest BCUT2D eigenvalue weighted by molar-refractivity contribution is 0.0948. The van der Waals surface area contributed by atoms with Crippen molar-refractivity contribution in [2.24, 2.45) is 0 Å². The predicted molar refractivity (Wildman–Crippen MR) is 119 cm³/mol. The Kier molecular flexibility index (Phi) is 7.00. The van der Waals surface area contributed by atoms with Crippen LogP contribution in [-0.4, -0.2) is 27.3 Å². The molecule has 0 aliphatic carbocycles. The summed E-state index contributed by atoms with van der Waals surface area (Å²) in [5.74, 6) is -0.204. The second-order valence-electron chi connectivity index (χ2n) is 6.60. The number of amides is 1. The summed E-state index contributed by atoms with van der Waals surface area (Å²) in [7, 11) is 0. The van der Waals surface area contributed by atoms with Crippen LogP contribution in [0, 0.1) is 6.92 Å². The number of hydrogen-bond acceptors (Lipinski definition) is 4. The predicted octanol–water partition coefficient (Wildman–Crippen LogP) is 3.75. The lowest BCUT2D eigenvalue weighted by Crippen LogP contribution is -2.46. The van der Waals surface area contributed by atoms with Gasteiger partial charge in [0.25, 0.3) is 5.91 Å². The molecule has 8 heteroatoms. The Bertz CT molecular complexity index is 948. The molecular weight excluding hydrogens is 390 g/mol. The summed E-state index contributed by atoms with van der Waals surface area (Å²) in [5, 5.41) is 9.14. The quantitative estimate of drug-likeness (QED) is 0.311. The number of unbranched alkanes of at least 4 members (excludes halogenated alkanes) is 2. The maximum Gasteiger partial charge on any atom is 0.279 e. The van der Waals surface area contributed by atoms with Crippen LogP contribution in [0.1, 0.15) is 47.1 Å². The largest absolute Gasteiger partial charge is 0.361 e. The molecule has 3 N–H and O–H groups in total. The van der Waals surface area contributed by atoms with Crippen molar-refractivity contribution >= 4 is 44.8 Å². The van der Waals surface area contributed by atoms with Crippen LogP contribution in [0.3, 0.4) is 0 Å². The van der Waals surface area contributed by atoms with Crippen molar-refractivity contribution in [2.75, 3.05) is 6.54 Å². The molecule has 0 saturated heterocycles. The number of hydrazine groups is 1. The highest BCUT2D eigenvalue weighted by Crippen LogP contribution is 2.28. The van der Waals surface area contributed by atoms with Gasteiger partial charge in [0.05, 0.1) is 17.1 Å². The molecule has 0 atom stereocenters. The average molecular weight is 416 g/mol. The van der Waals surface area contributed by atoms with E-state index in [0.29, 0.717) is 16.5 Å². The van der Waals surface area contributed by atoms with E-state index in [1.165, 1.54) is 16.9 Å². The molecule has 0 spiro atoms. The first kappa shape index (κ1) is 20.3. The number of carbonyl (C=O) groups is 1. The van der Waals surface area contributed by atoms with E-state index in [1.807, 2.05) is 35.9 Å². The molecule has 0 radical (unpaired) electrons. The number of fused-ring (bicyclic) bond motifs is 1. The molecule has 0 aliphatic rings. The smallest absolute Gasteiger partial charge is 0.279 e. The van der Waals surface area contributed by atoms with Gasteiger partial charge in [0.2, 0.25) is 0 Å². The van der Waals surface area contributed by atoms with Crippen LogP contribution in [0.5, 0.6) is 0 Å². The van der Waals surface area contributed by atoms with Crippen LogP contribution in [0.4, 0.5) is 0 Å². The van der Waals surface area contributed by atoms with Crippen LogP contribution in [-0.2, 0) is 6.54 Å². The zero-order chi connectivity index (χ0) is 19.9. The van der Waals surface area contributed by atoms with Crippen molar-refractivity contribution in [1.29, 1.82) is 0 Å². The Morgan fingerprint density at radius 1 is 1.21 bits per heavy atom. The van der Waals surface area contributed by atoms with Gasteiger partial charge in [0.1, 0.15) is 4.83 Å². The number of carbonyl (C=O) groups excluding carboxylic acids is 1. The van der Waals surface area contributed by atoms with E-state index in [9.17, 15) is 4.79 Å². The fourth-order valence-corrected chi connectivity index (χ4v) is 4.09. The standard InChI is InChI=1S/C20H25N5OS2/c1-3-4-8-11-21-20(27)23-22-18(26)17-12-16-14(2)24-25(19(16)28-17)13-15-9-6-5-7-10-15/h5-7,9-10,12H,3-4,8,11,13H2,1-2H3,(H,22,26)(H2,21,23,27). The lowest BCUT2D eigenvalue weighted by Gasteiger charge is -2.10. The summed E-state index contributed by atoms with van der Waals surface area (Å²) in [6.45, 7) is 5.60. The van der Waals surface area contributed by atoms with Crippen molar-refractivity contribution in [3.8, 4) is 0 Å². The molecule has 3 aromatic rings. The first-order valence-electron chi connectivity index (χ1n) is 9.43. The normalized spacial score (nSPS) is 10.8. The maximum absolute atomic E-state index is 12.5. The molecule has 28 heavy (non-hydrogen) atoms. The van der Waals surface area contributed by atoms with Gasteiger partial charge in [-0.15, -0.1) is 11.3 Å². The monoisotopic (exact) mass is 415 g/mol. The van der Waals surface area contributed by atoms with Crippen molar-refractivity contribution < 1.29 is 4.79 Å². The fraction of sp³-hybridized carbons (Fsp3) is 0.350. The van der Waals surface area contributed by atoms with E-state index in [1.54, 1.807) is 0 Å². The zero-order valence-electron chi connectivity index (χ0n) is 16.1. The SMILES string of the molecule is CCCCCNC(=S)NNC(=O)c1cc2c(C)nn(Cc3ccccc3)c2s1. The van der Waals surface area contributed by atoms with E-state index >= 15 is 0 Å². The van der Waals surface area contributed by atoms with Gasteiger partial charge >= 0.3 is 0 Å². The van der Waals surface area contributed by atoms with Crippen LogP contribution in [0.15, 0.2) is 36.4 Å². The molecule has 2 heterocycles. The van der Waals surface area contributed by atoms with E-state index in [-0.39, 0.29) is 5.91 Å². The summed E-state index contributed by atoms with van der Waals surface area (Å²) in [4.78, 5) is 14.1. The number of benzene rings is 1. The van der Waals surface area contributed by atoms with Crippen molar-refractivity contribution in [3.05, 3.63) is 52.5 Å². The number of nitrogens with zero attached hydrogens (tertiary/aromatic N) is 2. The summed E-state index contributed by atoms with van der Waals surface area (Å²) in [6.07, 6.45) is 3.37. The molecule has 0 aliphatic heterocycles. The van der Waals surface area contributed by atoms with E-state index in [2.05, 4.69) is 40.3 Å². The highest BCUT2D eigenvalue weighted by atomic mass is 32.1. The summed E-state index contributed by atoms with van der Waals surface area (Å²) < 4.78 is 1.95. The Labute approximate surface area is 174 Å². The Morgan fingerprint density at radius 2 is 2.00 bits per heavy atom. The van der Waals surface area contributed by atoms with Gasteiger partial charge in [0.15, 0.2) is 5.11 Å². The fourth-order valence-electron chi connectivity index (χ4n) is 2.88. The van der Waals surface area contributed by atoms with Gasteiger partial charge in [-0.2, -0.15) is 5.10 Å². The average Bonchev–Trinajstić information content (AvgIpc) is 3.26. The maximum atomic E-state index is 12.5. The van der Waals surface area contributed by atoms with Gasteiger partial charge in [0, 0.05) is 11.9 Å². The van der Waals surface area contributed by atoms with Crippen molar-refractivity contribution in [1.82, 2.24) is 25.9 Å². The second kappa shape index (κ2) is 9.66. The summed E-state index contributed by atoms with van der Waals surface area (Å²) >= 11 is 6.62. The van der Waals surface area contributed by atoms with Crippen LogP contribution < -0.4 is 16.2 Å². The molecule has 0 bridgehead atoms. The van der Waals surface area contributed by atoms with Crippen LogP contribution >= 0.6 is 23.6 Å². The van der Waals surface area contributed by atoms with Gasteiger partial charge in [-0.3, -0.25) is 20.3 Å². The third-order valence-electron chi connectivity index (χ3n) is 4.36. The Morgan fingerprint density at radius 3 is 2.75 bits per heavy atom. The Hall–Kier alpha value is -2.45. The third-order valence-corrected chi connectivity index (χ3v) is 5.76. The minimum atomic E-state index is -0.204. The Balaban J connectivity index is 1.63. The molecule has 1 aromatic carbocycles. The summed E-state index contributed by atoms with van der Waals surface area (Å²) in [6, 6.07) is 12.1. The van der Waals surface area contributed by atoms with Gasteiger partial charge < -0.3 is 5.32 Å². The number of thiophene rings is 1.